The molecular formula is C23H34O6. The Bertz CT molecular complexity index is 638. The van der Waals surface area contributed by atoms with E-state index < -0.39 is 11.9 Å². The first kappa shape index (κ1) is 24.5. The highest BCUT2D eigenvalue weighted by molar-refractivity contribution is 5.92. The van der Waals surface area contributed by atoms with Gasteiger partial charge in [0.25, 0.3) is 0 Å². The lowest BCUT2D eigenvalue weighted by molar-refractivity contribution is -0.138. The summed E-state index contributed by atoms with van der Waals surface area (Å²) in [4.78, 5) is 23.5. The molecule has 0 saturated heterocycles. The minimum atomic E-state index is -0.669. The molecule has 0 aromatic heterocycles. The number of unbranched alkanes of at least 4 members (excludes halogenated alkanes) is 8. The molecule has 1 aromatic carbocycles. The fourth-order valence-electron chi connectivity index (χ4n) is 2.80. The number of hydrogen-bond donors (Lipinski definition) is 0. The van der Waals surface area contributed by atoms with Crippen LogP contribution < -0.4 is 14.2 Å². The molecular weight excluding hydrogens is 372 g/mol. The molecule has 0 bridgehead atoms. The molecule has 29 heavy (non-hydrogen) atoms. The number of rotatable bonds is 15. The predicted octanol–water partition coefficient (Wildman–Crippen LogP) is 5.24. The normalized spacial score (nSPS) is 10.7. The molecule has 6 heteroatoms. The third-order valence-electron chi connectivity index (χ3n) is 4.42. The Morgan fingerprint density at radius 2 is 1.38 bits per heavy atom. The Labute approximate surface area is 174 Å². The molecule has 162 valence electrons. The Kier molecular flexibility index (Phi) is 13.1. The predicted molar refractivity (Wildman–Crippen MR) is 113 cm³/mol. The molecule has 0 amide bonds. The lowest BCUT2D eigenvalue weighted by atomic mass is 10.1. The van der Waals surface area contributed by atoms with Crippen molar-refractivity contribution in [3.8, 4) is 17.2 Å². The number of hydrogen-bond acceptors (Lipinski definition) is 6. The Hall–Kier alpha value is -2.50. The van der Waals surface area contributed by atoms with E-state index >= 15 is 0 Å². The van der Waals surface area contributed by atoms with Crippen molar-refractivity contribution < 1.29 is 28.5 Å². The molecule has 0 radical (unpaired) electrons. The van der Waals surface area contributed by atoms with E-state index in [2.05, 4.69) is 6.92 Å². The lowest BCUT2D eigenvalue weighted by Gasteiger charge is -2.08. The van der Waals surface area contributed by atoms with Gasteiger partial charge in [-0.2, -0.15) is 0 Å². The minimum Gasteiger partial charge on any atom is -0.493 e. The van der Waals surface area contributed by atoms with Gasteiger partial charge in [-0.1, -0.05) is 58.3 Å². The summed E-state index contributed by atoms with van der Waals surface area (Å²) in [6, 6.07) is 4.74. The number of esters is 2. The number of carbonyl (C=O) groups is 2. The maximum absolute atomic E-state index is 11.8. The summed E-state index contributed by atoms with van der Waals surface area (Å²) in [6.45, 7) is 2.58. The second kappa shape index (κ2) is 15.4. The van der Waals surface area contributed by atoms with Gasteiger partial charge in [-0.3, -0.25) is 0 Å². The van der Waals surface area contributed by atoms with Crippen LogP contribution in [0.4, 0.5) is 0 Å². The van der Waals surface area contributed by atoms with Crippen LogP contribution >= 0.6 is 0 Å². The zero-order valence-electron chi connectivity index (χ0n) is 17.9. The lowest BCUT2D eigenvalue weighted by Crippen LogP contribution is -2.07. The molecule has 0 heterocycles. The summed E-state index contributed by atoms with van der Waals surface area (Å²) >= 11 is 0. The second-order valence-corrected chi connectivity index (χ2v) is 6.77. The summed E-state index contributed by atoms with van der Waals surface area (Å²) in [6.07, 6.45) is 12.9. The van der Waals surface area contributed by atoms with E-state index in [4.69, 9.17) is 18.9 Å². The van der Waals surface area contributed by atoms with Gasteiger partial charge >= 0.3 is 11.9 Å². The standard InChI is InChI=1S/C23H34O6/c1-4-5-6-7-8-9-10-11-12-17-28-22(24)15-16-23(25)29-19-13-14-20(26-2)21(18-19)27-3/h13-16,18H,4-12,17H2,1-3H3/b16-15+. The highest BCUT2D eigenvalue weighted by atomic mass is 16.5. The molecule has 0 fully saturated rings. The fraction of sp³-hybridized carbons (Fsp3) is 0.565. The Morgan fingerprint density at radius 3 is 2.00 bits per heavy atom. The van der Waals surface area contributed by atoms with Gasteiger partial charge in [-0.25, -0.2) is 9.59 Å². The Morgan fingerprint density at radius 1 is 0.793 bits per heavy atom. The highest BCUT2D eigenvalue weighted by Gasteiger charge is 2.08. The van der Waals surface area contributed by atoms with Gasteiger partial charge in [0.15, 0.2) is 11.5 Å². The van der Waals surface area contributed by atoms with Crippen molar-refractivity contribution in [2.24, 2.45) is 0 Å². The van der Waals surface area contributed by atoms with Crippen LogP contribution in [-0.4, -0.2) is 32.8 Å². The van der Waals surface area contributed by atoms with Gasteiger partial charge in [-0.05, 0) is 18.6 Å². The average Bonchev–Trinajstić information content (AvgIpc) is 2.73. The van der Waals surface area contributed by atoms with Crippen molar-refractivity contribution in [1.29, 1.82) is 0 Å². The molecule has 0 spiro atoms. The van der Waals surface area contributed by atoms with Crippen LogP contribution in [0.15, 0.2) is 30.4 Å². The van der Waals surface area contributed by atoms with Gasteiger partial charge in [0, 0.05) is 18.2 Å². The van der Waals surface area contributed by atoms with Crippen molar-refractivity contribution in [2.45, 2.75) is 64.7 Å². The molecule has 0 atom stereocenters. The molecule has 1 aromatic rings. The maximum atomic E-state index is 11.8. The largest absolute Gasteiger partial charge is 0.493 e. The molecule has 1 rings (SSSR count). The minimum absolute atomic E-state index is 0.292. The first-order valence-electron chi connectivity index (χ1n) is 10.4. The van der Waals surface area contributed by atoms with Crippen LogP contribution in [0.2, 0.25) is 0 Å². The molecule has 6 nitrogen and oxygen atoms in total. The summed E-state index contributed by atoms with van der Waals surface area (Å²) in [5, 5.41) is 0. The first-order valence-corrected chi connectivity index (χ1v) is 10.4. The van der Waals surface area contributed by atoms with Crippen LogP contribution in [0.3, 0.4) is 0 Å². The topological polar surface area (TPSA) is 71.1 Å². The second-order valence-electron chi connectivity index (χ2n) is 6.77. The van der Waals surface area contributed by atoms with Crippen molar-refractivity contribution >= 4 is 11.9 Å². The molecule has 0 aliphatic rings. The monoisotopic (exact) mass is 406 g/mol. The summed E-state index contributed by atoms with van der Waals surface area (Å²) in [5.41, 5.74) is 0. The average molecular weight is 407 g/mol. The van der Waals surface area contributed by atoms with E-state index in [0.29, 0.717) is 23.9 Å². The van der Waals surface area contributed by atoms with Gasteiger partial charge in [-0.15, -0.1) is 0 Å². The van der Waals surface area contributed by atoms with Crippen molar-refractivity contribution in [3.05, 3.63) is 30.4 Å². The highest BCUT2D eigenvalue weighted by Crippen LogP contribution is 2.30. The van der Waals surface area contributed by atoms with Crippen molar-refractivity contribution in [3.63, 3.8) is 0 Å². The van der Waals surface area contributed by atoms with E-state index in [1.165, 1.54) is 58.8 Å². The molecule has 0 aliphatic heterocycles. The van der Waals surface area contributed by atoms with Crippen LogP contribution in [0.1, 0.15) is 64.7 Å². The summed E-state index contributed by atoms with van der Waals surface area (Å²) in [7, 11) is 3.01. The third kappa shape index (κ3) is 11.2. The zero-order valence-corrected chi connectivity index (χ0v) is 17.9. The number of ether oxygens (including phenoxy) is 4. The summed E-state index contributed by atoms with van der Waals surface area (Å²) in [5.74, 6) is 0.0523. The van der Waals surface area contributed by atoms with Gasteiger partial charge in [0.2, 0.25) is 0 Å². The zero-order chi connectivity index (χ0) is 21.3. The van der Waals surface area contributed by atoms with Crippen molar-refractivity contribution in [2.75, 3.05) is 20.8 Å². The quantitative estimate of drug-likeness (QED) is 0.172. The number of methoxy groups -OCH3 is 2. The molecule has 0 aliphatic carbocycles. The van der Waals surface area contributed by atoms with E-state index in [1.807, 2.05) is 0 Å². The van der Waals surface area contributed by atoms with Crippen LogP contribution in [0.5, 0.6) is 17.2 Å². The van der Waals surface area contributed by atoms with Crippen molar-refractivity contribution in [1.82, 2.24) is 0 Å². The van der Waals surface area contributed by atoms with Gasteiger partial charge in [0.1, 0.15) is 5.75 Å². The van der Waals surface area contributed by atoms with Crippen LogP contribution in [0.25, 0.3) is 0 Å². The van der Waals surface area contributed by atoms with E-state index in [0.717, 1.165) is 31.4 Å². The summed E-state index contributed by atoms with van der Waals surface area (Å²) < 4.78 is 20.5. The van der Waals surface area contributed by atoms with Gasteiger partial charge in [0.05, 0.1) is 20.8 Å². The first-order chi connectivity index (χ1) is 14.1. The van der Waals surface area contributed by atoms with Gasteiger partial charge < -0.3 is 18.9 Å². The van der Waals surface area contributed by atoms with E-state index in [-0.39, 0.29) is 0 Å². The molecule has 0 N–H and O–H groups in total. The maximum Gasteiger partial charge on any atom is 0.336 e. The van der Waals surface area contributed by atoms with E-state index in [1.54, 1.807) is 12.1 Å². The smallest absolute Gasteiger partial charge is 0.336 e. The van der Waals surface area contributed by atoms with Crippen LogP contribution in [0, 0.1) is 0 Å². The van der Waals surface area contributed by atoms with E-state index in [9.17, 15) is 9.59 Å². The molecule has 0 saturated carbocycles. The molecule has 0 unspecified atom stereocenters. The third-order valence-corrected chi connectivity index (χ3v) is 4.42. The number of benzene rings is 1. The number of carbonyl (C=O) groups excluding carboxylic acids is 2. The fourth-order valence-corrected chi connectivity index (χ4v) is 2.80. The Balaban J connectivity index is 2.18. The SMILES string of the molecule is CCCCCCCCCCCOC(=O)/C=C/C(=O)Oc1ccc(OC)c(OC)c1. The van der Waals surface area contributed by atoms with Crippen LogP contribution in [-0.2, 0) is 14.3 Å².